The average molecular weight is 429 g/mol. The molecule has 0 heterocycles. The zero-order valence-electron chi connectivity index (χ0n) is 13.6. The van der Waals surface area contributed by atoms with Crippen molar-refractivity contribution in [2.24, 2.45) is 0 Å². The quantitative estimate of drug-likeness (QED) is 0.705. The molecule has 0 saturated heterocycles. The first-order valence-corrected chi connectivity index (χ1v) is 9.40. The third-order valence-corrected chi connectivity index (χ3v) is 5.17. The summed E-state index contributed by atoms with van der Waals surface area (Å²) in [5, 5.41) is 2.59. The summed E-state index contributed by atoms with van der Waals surface area (Å²) in [6, 6.07) is 11.0. The van der Waals surface area contributed by atoms with Gasteiger partial charge in [-0.2, -0.15) is 0 Å². The molecular formula is C16H17BrN2O5S. The lowest BCUT2D eigenvalue weighted by atomic mass is 10.2. The largest absolute Gasteiger partial charge is 0.497 e. The van der Waals surface area contributed by atoms with E-state index in [1.54, 1.807) is 30.3 Å². The van der Waals surface area contributed by atoms with E-state index in [2.05, 4.69) is 26.0 Å². The molecule has 25 heavy (non-hydrogen) atoms. The number of sulfonamides is 1. The number of anilines is 1. The topological polar surface area (TPSA) is 93.7 Å². The number of hydrogen-bond acceptors (Lipinski definition) is 5. The van der Waals surface area contributed by atoms with Crippen molar-refractivity contribution < 1.29 is 22.7 Å². The van der Waals surface area contributed by atoms with Crippen LogP contribution in [0.5, 0.6) is 11.5 Å². The summed E-state index contributed by atoms with van der Waals surface area (Å²) < 4.78 is 37.6. The summed E-state index contributed by atoms with van der Waals surface area (Å²) in [5.41, 5.74) is 0.384. The number of halogens is 1. The second-order valence-corrected chi connectivity index (χ2v) is 7.58. The lowest BCUT2D eigenvalue weighted by Gasteiger charge is -2.12. The summed E-state index contributed by atoms with van der Waals surface area (Å²) in [5.74, 6) is 0.434. The van der Waals surface area contributed by atoms with E-state index in [1.807, 2.05) is 0 Å². The van der Waals surface area contributed by atoms with Crippen LogP contribution in [0.15, 0.2) is 51.8 Å². The van der Waals surface area contributed by atoms with Gasteiger partial charge in [0.15, 0.2) is 0 Å². The molecule has 2 aromatic carbocycles. The van der Waals surface area contributed by atoms with Gasteiger partial charge in [-0.25, -0.2) is 13.1 Å². The normalized spacial score (nSPS) is 11.0. The Balaban J connectivity index is 2.04. The average Bonchev–Trinajstić information content (AvgIpc) is 2.60. The van der Waals surface area contributed by atoms with Gasteiger partial charge >= 0.3 is 0 Å². The van der Waals surface area contributed by atoms with Crippen LogP contribution in [0, 0.1) is 0 Å². The molecule has 134 valence electrons. The van der Waals surface area contributed by atoms with Crippen molar-refractivity contribution in [3.8, 4) is 11.5 Å². The zero-order chi connectivity index (χ0) is 18.4. The fourth-order valence-electron chi connectivity index (χ4n) is 1.96. The number of methoxy groups -OCH3 is 2. The third kappa shape index (κ3) is 5.18. The molecule has 0 aromatic heterocycles. The van der Waals surface area contributed by atoms with Crippen LogP contribution in [0.3, 0.4) is 0 Å². The minimum atomic E-state index is -3.78. The van der Waals surface area contributed by atoms with Gasteiger partial charge in [0.1, 0.15) is 11.5 Å². The number of amides is 1. The van der Waals surface area contributed by atoms with Gasteiger partial charge in [0.05, 0.1) is 31.3 Å². The maximum Gasteiger partial charge on any atom is 0.241 e. The summed E-state index contributed by atoms with van der Waals surface area (Å²) >= 11 is 3.24. The highest BCUT2D eigenvalue weighted by Crippen LogP contribution is 2.28. The Morgan fingerprint density at radius 3 is 2.36 bits per heavy atom. The van der Waals surface area contributed by atoms with Crippen LogP contribution in [0.2, 0.25) is 0 Å². The molecule has 2 rings (SSSR count). The highest BCUT2D eigenvalue weighted by Gasteiger charge is 2.16. The predicted molar refractivity (Wildman–Crippen MR) is 97.5 cm³/mol. The van der Waals surface area contributed by atoms with Crippen LogP contribution in [-0.2, 0) is 14.8 Å². The molecule has 0 saturated carbocycles. The fraction of sp³-hybridized carbons (Fsp3) is 0.188. The van der Waals surface area contributed by atoms with Crippen LogP contribution < -0.4 is 19.5 Å². The van der Waals surface area contributed by atoms with Gasteiger partial charge in [0.25, 0.3) is 0 Å². The molecule has 0 unspecified atom stereocenters. The van der Waals surface area contributed by atoms with Gasteiger partial charge in [0.2, 0.25) is 15.9 Å². The third-order valence-electron chi connectivity index (χ3n) is 3.23. The molecule has 0 atom stereocenters. The van der Waals surface area contributed by atoms with Gasteiger partial charge < -0.3 is 14.8 Å². The number of nitrogens with one attached hydrogen (secondary N) is 2. The number of benzene rings is 2. The lowest BCUT2D eigenvalue weighted by molar-refractivity contribution is -0.115. The van der Waals surface area contributed by atoms with E-state index >= 15 is 0 Å². The molecule has 0 aliphatic heterocycles. The molecule has 0 aliphatic carbocycles. The van der Waals surface area contributed by atoms with Gasteiger partial charge in [-0.15, -0.1) is 0 Å². The molecule has 1 amide bonds. The second-order valence-electron chi connectivity index (χ2n) is 4.89. The predicted octanol–water partition coefficient (Wildman–Crippen LogP) is 2.38. The maximum atomic E-state index is 12.2. The van der Waals surface area contributed by atoms with Crippen molar-refractivity contribution in [3.05, 3.63) is 46.9 Å². The Bertz CT molecular complexity index is 853. The minimum absolute atomic E-state index is 0.0717. The Morgan fingerprint density at radius 1 is 1.08 bits per heavy atom. The van der Waals surface area contributed by atoms with Crippen molar-refractivity contribution in [1.29, 1.82) is 0 Å². The summed E-state index contributed by atoms with van der Waals surface area (Å²) in [6.45, 7) is -0.418. The first kappa shape index (κ1) is 19.2. The Labute approximate surface area is 154 Å². The van der Waals surface area contributed by atoms with E-state index in [0.29, 0.717) is 17.2 Å². The lowest BCUT2D eigenvalue weighted by Crippen LogP contribution is -2.33. The van der Waals surface area contributed by atoms with E-state index < -0.39 is 22.5 Å². The molecule has 2 aromatic rings. The molecule has 0 bridgehead atoms. The Hall–Kier alpha value is -2.10. The molecule has 0 spiro atoms. The molecule has 0 aliphatic rings. The Kier molecular flexibility index (Phi) is 6.40. The molecule has 9 heteroatoms. The molecule has 0 fully saturated rings. The van der Waals surface area contributed by atoms with Gasteiger partial charge in [-0.1, -0.05) is 15.9 Å². The zero-order valence-corrected chi connectivity index (χ0v) is 16.0. The number of carbonyl (C=O) groups is 1. The number of ether oxygens (including phenoxy) is 2. The Morgan fingerprint density at radius 2 is 1.76 bits per heavy atom. The fourth-order valence-corrected chi connectivity index (χ4v) is 3.21. The van der Waals surface area contributed by atoms with Crippen molar-refractivity contribution in [2.75, 3.05) is 26.1 Å². The number of hydrogen-bond donors (Lipinski definition) is 2. The van der Waals surface area contributed by atoms with Gasteiger partial charge in [-0.3, -0.25) is 4.79 Å². The summed E-state index contributed by atoms with van der Waals surface area (Å²) in [6.07, 6.45) is 0. The van der Waals surface area contributed by atoms with Crippen molar-refractivity contribution >= 4 is 37.5 Å². The molecule has 7 nitrogen and oxygen atoms in total. The van der Waals surface area contributed by atoms with Crippen LogP contribution >= 0.6 is 15.9 Å². The molecular weight excluding hydrogens is 412 g/mol. The van der Waals surface area contributed by atoms with Crippen LogP contribution in [-0.4, -0.2) is 35.1 Å². The van der Waals surface area contributed by atoms with E-state index in [1.165, 1.54) is 26.4 Å². The molecule has 2 N–H and O–H groups in total. The standard InChI is InChI=1S/C16H17BrN2O5S/c1-23-12-5-8-15(24-2)14(9-12)19-16(20)10-18-25(21,22)13-6-3-11(17)4-7-13/h3-9,18H,10H2,1-2H3,(H,19,20). The minimum Gasteiger partial charge on any atom is -0.497 e. The van der Waals surface area contributed by atoms with Gasteiger partial charge in [-0.05, 0) is 36.4 Å². The summed E-state index contributed by atoms with van der Waals surface area (Å²) in [7, 11) is -0.815. The van der Waals surface area contributed by atoms with Crippen molar-refractivity contribution in [3.63, 3.8) is 0 Å². The number of carbonyl (C=O) groups excluding carboxylic acids is 1. The van der Waals surface area contributed by atoms with Gasteiger partial charge in [0, 0.05) is 10.5 Å². The highest BCUT2D eigenvalue weighted by atomic mass is 79.9. The van der Waals surface area contributed by atoms with E-state index in [4.69, 9.17) is 9.47 Å². The van der Waals surface area contributed by atoms with Crippen LogP contribution in [0.25, 0.3) is 0 Å². The smallest absolute Gasteiger partial charge is 0.241 e. The first-order chi connectivity index (χ1) is 11.9. The van der Waals surface area contributed by atoms with Crippen molar-refractivity contribution in [2.45, 2.75) is 4.90 Å². The maximum absolute atomic E-state index is 12.2. The van der Waals surface area contributed by atoms with Crippen LogP contribution in [0.4, 0.5) is 5.69 Å². The first-order valence-electron chi connectivity index (χ1n) is 7.13. The molecule has 0 radical (unpaired) electrons. The monoisotopic (exact) mass is 428 g/mol. The number of rotatable bonds is 7. The highest BCUT2D eigenvalue weighted by molar-refractivity contribution is 9.10. The second kappa shape index (κ2) is 8.32. The van der Waals surface area contributed by atoms with E-state index in [-0.39, 0.29) is 4.90 Å². The van der Waals surface area contributed by atoms with E-state index in [0.717, 1.165) is 4.47 Å². The van der Waals surface area contributed by atoms with Crippen molar-refractivity contribution in [1.82, 2.24) is 4.72 Å². The summed E-state index contributed by atoms with van der Waals surface area (Å²) in [4.78, 5) is 12.1. The SMILES string of the molecule is COc1ccc(OC)c(NC(=O)CNS(=O)(=O)c2ccc(Br)cc2)c1. The van der Waals surface area contributed by atoms with E-state index in [9.17, 15) is 13.2 Å². The van der Waals surface area contributed by atoms with Crippen LogP contribution in [0.1, 0.15) is 0 Å².